The third-order valence-electron chi connectivity index (χ3n) is 6.09. The summed E-state index contributed by atoms with van der Waals surface area (Å²) >= 11 is 0. The minimum atomic E-state index is -0.177. The Hall–Kier alpha value is -1.39. The van der Waals surface area contributed by atoms with Crippen molar-refractivity contribution in [3.8, 4) is 0 Å². The Morgan fingerprint density at radius 1 is 1.21 bits per heavy atom. The Bertz CT molecular complexity index is 586. The van der Waals surface area contributed by atoms with Crippen molar-refractivity contribution < 1.29 is 14.3 Å². The highest BCUT2D eigenvalue weighted by molar-refractivity contribution is 5.94. The van der Waals surface area contributed by atoms with Crippen molar-refractivity contribution in [2.75, 3.05) is 20.3 Å². The van der Waals surface area contributed by atoms with Crippen LogP contribution >= 0.6 is 0 Å². The first kappa shape index (κ1) is 16.1. The van der Waals surface area contributed by atoms with Gasteiger partial charge < -0.3 is 14.4 Å². The molecule has 1 aliphatic heterocycles. The lowest BCUT2D eigenvalue weighted by molar-refractivity contribution is -0.0977. The highest BCUT2D eigenvalue weighted by atomic mass is 16.5. The molecule has 2 saturated carbocycles. The number of carbonyl (C=O) groups excluding carboxylic acids is 1. The van der Waals surface area contributed by atoms with E-state index >= 15 is 0 Å². The van der Waals surface area contributed by atoms with Gasteiger partial charge in [-0.25, -0.2) is 0 Å². The second-order valence-electron chi connectivity index (χ2n) is 7.57. The minimum Gasteiger partial charge on any atom is -0.378 e. The summed E-state index contributed by atoms with van der Waals surface area (Å²) in [5.74, 6) is 0.909. The maximum atomic E-state index is 13.0. The number of amides is 1. The standard InChI is InChI=1S/C20H27NO3/c1-23-20-10-9-17(24-14-15-7-8-15)13-18(20)21(12-11-20)19(22)16-5-3-2-4-6-16/h2-6,15,17-18H,7-14H2,1H3/t17-,18+,20-/m1/s1. The quantitative estimate of drug-likeness (QED) is 0.832. The summed E-state index contributed by atoms with van der Waals surface area (Å²) in [6, 6.07) is 9.73. The number of hydrogen-bond acceptors (Lipinski definition) is 3. The van der Waals surface area contributed by atoms with Gasteiger partial charge in [-0.05, 0) is 56.6 Å². The molecule has 1 aromatic carbocycles. The SMILES string of the molecule is CO[C@@]12CC[C@@H](OCC3CC3)C[C@@H]1N(C(=O)c1ccccc1)CC2. The van der Waals surface area contributed by atoms with Crippen molar-refractivity contribution in [1.82, 2.24) is 4.90 Å². The fourth-order valence-corrected chi connectivity index (χ4v) is 4.36. The molecule has 1 saturated heterocycles. The van der Waals surface area contributed by atoms with Gasteiger partial charge in [0, 0.05) is 25.8 Å². The van der Waals surface area contributed by atoms with Gasteiger partial charge in [-0.1, -0.05) is 18.2 Å². The summed E-state index contributed by atoms with van der Waals surface area (Å²) in [5.41, 5.74) is 0.592. The van der Waals surface area contributed by atoms with E-state index in [1.54, 1.807) is 7.11 Å². The van der Waals surface area contributed by atoms with Crippen molar-refractivity contribution in [2.24, 2.45) is 5.92 Å². The van der Waals surface area contributed by atoms with Gasteiger partial charge >= 0.3 is 0 Å². The minimum absolute atomic E-state index is 0.127. The van der Waals surface area contributed by atoms with Crippen LogP contribution in [0.25, 0.3) is 0 Å². The molecular weight excluding hydrogens is 302 g/mol. The van der Waals surface area contributed by atoms with Crippen LogP contribution in [0, 0.1) is 5.92 Å². The number of rotatable bonds is 5. The normalized spacial score (nSPS) is 32.6. The number of carbonyl (C=O) groups is 1. The predicted molar refractivity (Wildman–Crippen MR) is 91.9 cm³/mol. The molecule has 3 aliphatic rings. The zero-order valence-electron chi connectivity index (χ0n) is 14.4. The van der Waals surface area contributed by atoms with Gasteiger partial charge in [0.25, 0.3) is 5.91 Å². The zero-order valence-corrected chi connectivity index (χ0v) is 14.4. The van der Waals surface area contributed by atoms with Gasteiger partial charge in [-0.3, -0.25) is 4.79 Å². The van der Waals surface area contributed by atoms with Crippen molar-refractivity contribution in [3.63, 3.8) is 0 Å². The second kappa shape index (κ2) is 6.49. The third-order valence-corrected chi connectivity index (χ3v) is 6.09. The van der Waals surface area contributed by atoms with Crippen LogP contribution in [0.4, 0.5) is 0 Å². The van der Waals surface area contributed by atoms with E-state index in [2.05, 4.69) is 0 Å². The van der Waals surface area contributed by atoms with Crippen LogP contribution in [0.2, 0.25) is 0 Å². The van der Waals surface area contributed by atoms with E-state index in [0.717, 1.165) is 50.3 Å². The molecule has 0 N–H and O–H groups in total. The molecule has 130 valence electrons. The van der Waals surface area contributed by atoms with E-state index in [0.29, 0.717) is 0 Å². The molecule has 4 rings (SSSR count). The molecule has 2 aliphatic carbocycles. The Labute approximate surface area is 144 Å². The number of ether oxygens (including phenoxy) is 2. The number of hydrogen-bond donors (Lipinski definition) is 0. The molecule has 0 aromatic heterocycles. The van der Waals surface area contributed by atoms with Gasteiger partial charge in [0.1, 0.15) is 0 Å². The lowest BCUT2D eigenvalue weighted by Gasteiger charge is -2.43. The summed E-state index contributed by atoms with van der Waals surface area (Å²) in [5, 5.41) is 0. The number of fused-ring (bicyclic) bond motifs is 1. The van der Waals surface area contributed by atoms with Crippen molar-refractivity contribution in [3.05, 3.63) is 35.9 Å². The molecule has 1 amide bonds. The third kappa shape index (κ3) is 2.98. The summed E-state index contributed by atoms with van der Waals surface area (Å²) in [7, 11) is 1.80. The number of benzene rings is 1. The predicted octanol–water partition coefficient (Wildman–Crippen LogP) is 3.27. The highest BCUT2D eigenvalue weighted by Gasteiger charge is 2.52. The molecule has 3 fully saturated rings. The Kier molecular flexibility index (Phi) is 4.35. The first-order chi connectivity index (χ1) is 11.7. The first-order valence-corrected chi connectivity index (χ1v) is 9.24. The van der Waals surface area contributed by atoms with Crippen molar-refractivity contribution in [2.45, 2.75) is 56.3 Å². The molecule has 3 atom stereocenters. The second-order valence-corrected chi connectivity index (χ2v) is 7.57. The zero-order chi connectivity index (χ0) is 16.6. The van der Waals surface area contributed by atoms with E-state index in [9.17, 15) is 4.79 Å². The van der Waals surface area contributed by atoms with Crippen LogP contribution in [0.15, 0.2) is 30.3 Å². The van der Waals surface area contributed by atoms with Gasteiger partial charge in [-0.2, -0.15) is 0 Å². The van der Waals surface area contributed by atoms with Crippen LogP contribution in [0.5, 0.6) is 0 Å². The molecule has 1 aromatic rings. The highest BCUT2D eigenvalue weighted by Crippen LogP contribution is 2.44. The summed E-state index contributed by atoms with van der Waals surface area (Å²) in [4.78, 5) is 15.0. The molecular formula is C20H27NO3. The molecule has 4 heteroatoms. The van der Waals surface area contributed by atoms with E-state index in [1.165, 1.54) is 12.8 Å². The maximum Gasteiger partial charge on any atom is 0.254 e. The summed E-state index contributed by atoms with van der Waals surface area (Å²) < 4.78 is 12.1. The largest absolute Gasteiger partial charge is 0.378 e. The smallest absolute Gasteiger partial charge is 0.254 e. The topological polar surface area (TPSA) is 38.8 Å². The number of methoxy groups -OCH3 is 1. The summed E-state index contributed by atoms with van der Waals surface area (Å²) in [6.07, 6.45) is 6.77. The molecule has 1 heterocycles. The van der Waals surface area contributed by atoms with E-state index in [-0.39, 0.29) is 23.7 Å². The van der Waals surface area contributed by atoms with Crippen LogP contribution in [0.1, 0.15) is 48.9 Å². The average molecular weight is 329 g/mol. The first-order valence-electron chi connectivity index (χ1n) is 9.24. The average Bonchev–Trinajstić information content (AvgIpc) is 3.39. The van der Waals surface area contributed by atoms with E-state index in [1.807, 2.05) is 35.2 Å². The number of nitrogens with zero attached hydrogens (tertiary/aromatic N) is 1. The molecule has 0 spiro atoms. The van der Waals surface area contributed by atoms with Crippen LogP contribution in [0.3, 0.4) is 0 Å². The van der Waals surface area contributed by atoms with Crippen LogP contribution < -0.4 is 0 Å². The fourth-order valence-electron chi connectivity index (χ4n) is 4.36. The number of likely N-dealkylation sites (tertiary alicyclic amines) is 1. The fraction of sp³-hybridized carbons (Fsp3) is 0.650. The Morgan fingerprint density at radius 3 is 2.71 bits per heavy atom. The monoisotopic (exact) mass is 329 g/mol. The Balaban J connectivity index is 1.49. The van der Waals surface area contributed by atoms with Crippen LogP contribution in [-0.4, -0.2) is 48.8 Å². The Morgan fingerprint density at radius 2 is 2.00 bits per heavy atom. The molecule has 0 bridgehead atoms. The molecule has 4 nitrogen and oxygen atoms in total. The molecule has 0 unspecified atom stereocenters. The van der Waals surface area contributed by atoms with Crippen LogP contribution in [-0.2, 0) is 9.47 Å². The lowest BCUT2D eigenvalue weighted by Crippen LogP contribution is -2.53. The van der Waals surface area contributed by atoms with Gasteiger partial charge in [0.15, 0.2) is 0 Å². The van der Waals surface area contributed by atoms with Gasteiger partial charge in [-0.15, -0.1) is 0 Å². The lowest BCUT2D eigenvalue weighted by atomic mass is 9.79. The molecule has 0 radical (unpaired) electrons. The van der Waals surface area contributed by atoms with Crippen molar-refractivity contribution in [1.29, 1.82) is 0 Å². The maximum absolute atomic E-state index is 13.0. The van der Waals surface area contributed by atoms with E-state index < -0.39 is 0 Å². The van der Waals surface area contributed by atoms with Crippen molar-refractivity contribution >= 4 is 5.91 Å². The van der Waals surface area contributed by atoms with Gasteiger partial charge in [0.05, 0.1) is 17.7 Å². The summed E-state index contributed by atoms with van der Waals surface area (Å²) in [6.45, 7) is 1.67. The van der Waals surface area contributed by atoms with Gasteiger partial charge in [0.2, 0.25) is 0 Å². The van der Waals surface area contributed by atoms with E-state index in [4.69, 9.17) is 9.47 Å². The molecule has 24 heavy (non-hydrogen) atoms.